The Morgan fingerprint density at radius 1 is 0.852 bits per heavy atom. The van der Waals surface area contributed by atoms with Gasteiger partial charge in [-0.3, -0.25) is 4.79 Å². The van der Waals surface area contributed by atoms with Gasteiger partial charge < -0.3 is 0 Å². The Bertz CT molecular complexity index is 484. The van der Waals surface area contributed by atoms with Crippen molar-refractivity contribution in [2.75, 3.05) is 6.93 Å². The average molecular weight is 426 g/mol. The minimum atomic E-state index is -5.98. The summed E-state index contributed by atoms with van der Waals surface area (Å²) in [5.74, 6) is -0.895. The molecule has 0 aromatic heterocycles. The lowest BCUT2D eigenvalue weighted by Crippen LogP contribution is -2.36. The van der Waals surface area contributed by atoms with Crippen molar-refractivity contribution >= 4 is 5.78 Å². The molecule has 162 valence electrons. The van der Waals surface area contributed by atoms with E-state index in [0.29, 0.717) is 0 Å². The van der Waals surface area contributed by atoms with Crippen molar-refractivity contribution in [2.24, 2.45) is 0 Å². The van der Waals surface area contributed by atoms with Crippen molar-refractivity contribution in [2.45, 2.75) is 39.7 Å². The van der Waals surface area contributed by atoms with Gasteiger partial charge in [0, 0.05) is 5.56 Å². The number of carbonyl (C=O) groups excluding carboxylic acids is 1. The third kappa shape index (κ3) is 16.0. The summed E-state index contributed by atoms with van der Waals surface area (Å²) in [6.07, 6.45) is -17.5. The number of benzene rings is 1. The molecule has 0 aliphatic rings. The zero-order chi connectivity index (χ0) is 20.3. The number of hydrogen-bond donors (Lipinski definition) is 0. The van der Waals surface area contributed by atoms with Crippen molar-refractivity contribution in [3.8, 4) is 0 Å². The second-order valence-corrected chi connectivity index (χ2v) is 3.77. The number of hydrogen-bond acceptors (Lipinski definition) is 2. The molecule has 2 nitrogen and oxygen atoms in total. The highest BCUT2D eigenvalue weighted by molar-refractivity contribution is 5.96. The molecule has 0 saturated carbocycles. The van der Waals surface area contributed by atoms with Crippen LogP contribution in [0.15, 0.2) is 30.3 Å². The summed E-state index contributed by atoms with van der Waals surface area (Å²) in [6.45, 7) is -1.75. The largest absolute Gasteiger partial charge is 0.485 e. The molecule has 0 N–H and O–H groups in total. The van der Waals surface area contributed by atoms with E-state index < -0.39 is 37.6 Å². The minimum absolute atomic E-state index is 0. The Labute approximate surface area is 147 Å². The standard InChI is InChI=1S/C9H7F3O.C2F6O.CH2F2.2CH4/c10-9(11,12)6-8(13)7-4-2-1-3-5-7;3-1(4,5)2(6,7)9-8;2-1-3;;/h1-5H,6H2;;1H2;2*1H4. The third-order valence-electron chi connectivity index (χ3n) is 1.88. The first-order valence-corrected chi connectivity index (χ1v) is 5.73. The molecule has 0 aliphatic carbocycles. The van der Waals surface area contributed by atoms with E-state index in [1.54, 1.807) is 6.07 Å². The summed E-state index contributed by atoms with van der Waals surface area (Å²) in [7, 11) is 0. The van der Waals surface area contributed by atoms with Crippen LogP contribution < -0.4 is 0 Å². The molecule has 0 fully saturated rings. The van der Waals surface area contributed by atoms with E-state index >= 15 is 0 Å². The van der Waals surface area contributed by atoms with Crippen molar-refractivity contribution in [1.29, 1.82) is 0 Å². The maximum absolute atomic E-state index is 11.8. The molecule has 0 radical (unpaired) electrons. The van der Waals surface area contributed by atoms with Crippen LogP contribution in [0.1, 0.15) is 31.6 Å². The first kappa shape index (κ1) is 32.7. The van der Waals surface area contributed by atoms with Gasteiger partial charge in [0.15, 0.2) is 5.78 Å². The van der Waals surface area contributed by atoms with Crippen molar-refractivity contribution in [1.82, 2.24) is 0 Å². The molecule has 0 amide bonds. The molecule has 0 heterocycles. The maximum Gasteiger partial charge on any atom is 0.485 e. The molecule has 0 bridgehead atoms. The Kier molecular flexibility index (Phi) is 17.2. The summed E-state index contributed by atoms with van der Waals surface area (Å²) in [5, 5.41) is 0. The SMILES string of the molecule is C.C.FCF.FOC(F)(F)C(F)(F)F.O=C(CC(F)(F)F)c1ccccc1. The first-order valence-electron chi connectivity index (χ1n) is 5.73. The topological polar surface area (TPSA) is 26.3 Å². The summed E-state index contributed by atoms with van der Waals surface area (Å²) in [4.78, 5) is 12.3. The number of ketones is 1. The fraction of sp³-hybridized carbons (Fsp3) is 0.500. The van der Waals surface area contributed by atoms with Gasteiger partial charge in [-0.05, 0) is 4.53 Å². The van der Waals surface area contributed by atoms with Gasteiger partial charge in [-0.2, -0.15) is 35.1 Å². The van der Waals surface area contributed by atoms with E-state index in [0.717, 1.165) is 0 Å². The number of rotatable bonds is 3. The lowest BCUT2D eigenvalue weighted by atomic mass is 10.1. The summed E-state index contributed by atoms with van der Waals surface area (Å²) in [6, 6.07) is 7.44. The van der Waals surface area contributed by atoms with Crippen LogP contribution in [-0.2, 0) is 4.94 Å². The zero-order valence-corrected chi connectivity index (χ0v) is 11.8. The molecule has 1 aromatic carbocycles. The van der Waals surface area contributed by atoms with Crippen LogP contribution in [0, 0.1) is 0 Å². The molecular formula is C14H17F11O2. The van der Waals surface area contributed by atoms with Crippen molar-refractivity contribution in [3.63, 3.8) is 0 Å². The van der Waals surface area contributed by atoms with Crippen molar-refractivity contribution < 1.29 is 58.2 Å². The molecule has 0 saturated heterocycles. The quantitative estimate of drug-likeness (QED) is 0.384. The monoisotopic (exact) mass is 426 g/mol. The van der Waals surface area contributed by atoms with Gasteiger partial charge in [0.05, 0.1) is 0 Å². The number of carbonyl (C=O) groups is 1. The Morgan fingerprint density at radius 3 is 1.44 bits per heavy atom. The molecule has 0 aliphatic heterocycles. The number of alkyl halides is 10. The summed E-state index contributed by atoms with van der Waals surface area (Å²) in [5.41, 5.74) is 0.0971. The van der Waals surface area contributed by atoms with E-state index in [2.05, 4.69) is 0 Å². The smallest absolute Gasteiger partial charge is 0.294 e. The van der Waals surface area contributed by atoms with Crippen LogP contribution in [0.25, 0.3) is 0 Å². The fourth-order valence-electron chi connectivity index (χ4n) is 0.952. The Morgan fingerprint density at radius 2 is 1.22 bits per heavy atom. The maximum atomic E-state index is 11.8. The molecule has 13 heteroatoms. The predicted molar refractivity (Wildman–Crippen MR) is 75.2 cm³/mol. The van der Waals surface area contributed by atoms with Gasteiger partial charge in [0.2, 0.25) is 6.93 Å². The van der Waals surface area contributed by atoms with E-state index in [1.807, 2.05) is 0 Å². The van der Waals surface area contributed by atoms with Crippen LogP contribution in [0.4, 0.5) is 48.4 Å². The van der Waals surface area contributed by atoms with E-state index in [9.17, 15) is 53.2 Å². The Balaban J connectivity index is -0.000000167. The minimum Gasteiger partial charge on any atom is -0.294 e. The van der Waals surface area contributed by atoms with Crippen LogP contribution in [0.3, 0.4) is 0 Å². The molecule has 0 unspecified atom stereocenters. The van der Waals surface area contributed by atoms with E-state index in [-0.39, 0.29) is 20.4 Å². The fourth-order valence-corrected chi connectivity index (χ4v) is 0.952. The van der Waals surface area contributed by atoms with Gasteiger partial charge in [-0.25, -0.2) is 8.78 Å². The lowest BCUT2D eigenvalue weighted by molar-refractivity contribution is -0.453. The molecule has 1 rings (SSSR count). The van der Waals surface area contributed by atoms with E-state index in [1.165, 1.54) is 29.2 Å². The lowest BCUT2D eigenvalue weighted by Gasteiger charge is -2.12. The van der Waals surface area contributed by atoms with E-state index in [4.69, 9.17) is 0 Å². The van der Waals surface area contributed by atoms with Gasteiger partial charge >= 0.3 is 18.5 Å². The Hall–Kier alpha value is -1.92. The highest BCUT2D eigenvalue weighted by atomic mass is 19.4. The second kappa shape index (κ2) is 14.2. The third-order valence-corrected chi connectivity index (χ3v) is 1.88. The number of Topliss-reactive ketones (excluding diaryl/α,β-unsaturated/α-hetero) is 1. The molecule has 1 aromatic rings. The van der Waals surface area contributed by atoms with Crippen molar-refractivity contribution in [3.05, 3.63) is 35.9 Å². The normalized spacial score (nSPS) is 10.8. The van der Waals surface area contributed by atoms with Gasteiger partial charge in [0.1, 0.15) is 6.42 Å². The van der Waals surface area contributed by atoms with Gasteiger partial charge in [-0.1, -0.05) is 45.2 Å². The van der Waals surface area contributed by atoms with Crippen LogP contribution in [0.5, 0.6) is 0 Å². The molecule has 0 atom stereocenters. The van der Waals surface area contributed by atoms with Gasteiger partial charge in [0.25, 0.3) is 0 Å². The van der Waals surface area contributed by atoms with Crippen LogP contribution >= 0.6 is 0 Å². The van der Waals surface area contributed by atoms with Gasteiger partial charge in [-0.15, -0.1) is 4.94 Å². The number of halogens is 11. The van der Waals surface area contributed by atoms with Crippen LogP contribution in [0.2, 0.25) is 0 Å². The zero-order valence-electron chi connectivity index (χ0n) is 11.8. The summed E-state index contributed by atoms with van der Waals surface area (Å²) >= 11 is 0. The molecular weight excluding hydrogens is 409 g/mol. The van der Waals surface area contributed by atoms with Crippen LogP contribution in [-0.4, -0.2) is 31.2 Å². The molecule has 0 spiro atoms. The highest BCUT2D eigenvalue weighted by Crippen LogP contribution is 2.36. The highest BCUT2D eigenvalue weighted by Gasteiger charge is 2.61. The first-order chi connectivity index (χ1) is 11.2. The molecule has 27 heavy (non-hydrogen) atoms. The average Bonchev–Trinajstić information content (AvgIpc) is 2.47. The second-order valence-electron chi connectivity index (χ2n) is 3.77. The predicted octanol–water partition coefficient (Wildman–Crippen LogP) is 7.02. The summed E-state index contributed by atoms with van der Waals surface area (Å²) < 4.78 is 119.